The van der Waals surface area contributed by atoms with Crippen LogP contribution in [-0.4, -0.2) is 12.6 Å². The van der Waals surface area contributed by atoms with Crippen LogP contribution in [0.3, 0.4) is 0 Å². The van der Waals surface area contributed by atoms with Crippen LogP contribution >= 0.6 is 0 Å². The Hall–Kier alpha value is -1.95. The van der Waals surface area contributed by atoms with Gasteiger partial charge in [-0.05, 0) is 24.6 Å². The number of benzene rings is 1. The van der Waals surface area contributed by atoms with Crippen LogP contribution < -0.4 is 4.74 Å². The summed E-state index contributed by atoms with van der Waals surface area (Å²) in [7, 11) is 0. The quantitative estimate of drug-likeness (QED) is 0.426. The molecule has 0 fully saturated rings. The van der Waals surface area contributed by atoms with Gasteiger partial charge >= 0.3 is 5.97 Å². The van der Waals surface area contributed by atoms with Crippen molar-refractivity contribution in [2.45, 2.75) is 13.5 Å². The first kappa shape index (κ1) is 11.1. The second-order valence-corrected chi connectivity index (χ2v) is 2.80. The largest absolute Gasteiger partial charge is 0.494 e. The van der Waals surface area contributed by atoms with Gasteiger partial charge in [0.1, 0.15) is 12.4 Å². The van der Waals surface area contributed by atoms with E-state index in [1.165, 1.54) is 0 Å². The zero-order chi connectivity index (χ0) is 11.1. The Morgan fingerprint density at radius 3 is 2.60 bits per heavy atom. The number of esters is 1. The third-order valence-electron chi connectivity index (χ3n) is 1.72. The molecule has 0 radical (unpaired) electrons. The maximum atomic E-state index is 10.7. The van der Waals surface area contributed by atoms with Crippen LogP contribution in [0.15, 0.2) is 24.3 Å². The van der Waals surface area contributed by atoms with Gasteiger partial charge < -0.3 is 9.47 Å². The van der Waals surface area contributed by atoms with E-state index in [2.05, 4.69) is 0 Å². The van der Waals surface area contributed by atoms with Crippen molar-refractivity contribution in [3.63, 3.8) is 0 Å². The molecule has 0 saturated heterocycles. The van der Waals surface area contributed by atoms with E-state index in [9.17, 15) is 4.79 Å². The summed E-state index contributed by atoms with van der Waals surface area (Å²) in [6, 6.07) is 7.30. The van der Waals surface area contributed by atoms with E-state index in [0.29, 0.717) is 6.61 Å². The Kier molecular flexibility index (Phi) is 4.24. The van der Waals surface area contributed by atoms with E-state index in [4.69, 9.17) is 15.9 Å². The molecule has 3 nitrogen and oxygen atoms in total. The maximum Gasteiger partial charge on any atom is 0.384 e. The highest BCUT2D eigenvalue weighted by atomic mass is 16.5. The summed E-state index contributed by atoms with van der Waals surface area (Å²) in [5, 5.41) is 0. The summed E-state index contributed by atoms with van der Waals surface area (Å²) in [5.74, 6) is 2.03. The van der Waals surface area contributed by atoms with Crippen molar-refractivity contribution in [1.82, 2.24) is 0 Å². The van der Waals surface area contributed by atoms with Crippen molar-refractivity contribution in [3.8, 4) is 18.1 Å². The molecule has 0 aliphatic carbocycles. The zero-order valence-electron chi connectivity index (χ0n) is 8.53. The third-order valence-corrected chi connectivity index (χ3v) is 1.72. The van der Waals surface area contributed by atoms with E-state index < -0.39 is 5.97 Å². The van der Waals surface area contributed by atoms with Gasteiger partial charge in [-0.15, -0.1) is 6.42 Å². The number of rotatable bonds is 4. The van der Waals surface area contributed by atoms with Crippen molar-refractivity contribution in [2.24, 2.45) is 0 Å². The Labute approximate surface area is 89.0 Å². The first-order chi connectivity index (χ1) is 7.26. The van der Waals surface area contributed by atoms with Gasteiger partial charge in [0.05, 0.1) is 6.61 Å². The first-order valence-corrected chi connectivity index (χ1v) is 4.61. The van der Waals surface area contributed by atoms with Crippen molar-refractivity contribution in [2.75, 3.05) is 6.61 Å². The summed E-state index contributed by atoms with van der Waals surface area (Å²) < 4.78 is 10.0. The van der Waals surface area contributed by atoms with E-state index in [0.717, 1.165) is 11.3 Å². The Morgan fingerprint density at radius 1 is 1.40 bits per heavy atom. The van der Waals surface area contributed by atoms with Gasteiger partial charge in [0.25, 0.3) is 0 Å². The molecule has 0 N–H and O–H groups in total. The minimum absolute atomic E-state index is 0.190. The molecular weight excluding hydrogens is 192 g/mol. The lowest BCUT2D eigenvalue weighted by Crippen LogP contribution is -2.00. The minimum atomic E-state index is -0.649. The van der Waals surface area contributed by atoms with Gasteiger partial charge in [0, 0.05) is 5.92 Å². The van der Waals surface area contributed by atoms with E-state index in [-0.39, 0.29) is 6.61 Å². The number of hydrogen-bond donors (Lipinski definition) is 0. The fourth-order valence-corrected chi connectivity index (χ4v) is 1.04. The van der Waals surface area contributed by atoms with Crippen molar-refractivity contribution in [3.05, 3.63) is 29.8 Å². The van der Waals surface area contributed by atoms with Gasteiger partial charge in [-0.3, -0.25) is 0 Å². The van der Waals surface area contributed by atoms with Crippen LogP contribution in [0.2, 0.25) is 0 Å². The van der Waals surface area contributed by atoms with Crippen LogP contribution in [0.4, 0.5) is 0 Å². The van der Waals surface area contributed by atoms with Crippen LogP contribution in [0.25, 0.3) is 0 Å². The number of ether oxygens (including phenoxy) is 2. The highest BCUT2D eigenvalue weighted by Crippen LogP contribution is 2.12. The lowest BCUT2D eigenvalue weighted by atomic mass is 10.2. The van der Waals surface area contributed by atoms with Gasteiger partial charge in [-0.2, -0.15) is 0 Å². The highest BCUT2D eigenvalue weighted by Gasteiger charge is 1.98. The first-order valence-electron chi connectivity index (χ1n) is 4.61. The second kappa shape index (κ2) is 5.71. The number of carbonyl (C=O) groups excluding carboxylic acids is 1. The van der Waals surface area contributed by atoms with E-state index in [1.807, 2.05) is 37.1 Å². The Morgan fingerprint density at radius 2 is 2.07 bits per heavy atom. The minimum Gasteiger partial charge on any atom is -0.494 e. The topological polar surface area (TPSA) is 35.5 Å². The normalized spacial score (nSPS) is 9.07. The molecule has 3 heteroatoms. The molecule has 0 saturated carbocycles. The van der Waals surface area contributed by atoms with Crippen molar-refractivity contribution in [1.29, 1.82) is 0 Å². The summed E-state index contributed by atoms with van der Waals surface area (Å²) in [6.07, 6.45) is 4.86. The van der Waals surface area contributed by atoms with Gasteiger partial charge in [-0.25, -0.2) is 4.79 Å². The van der Waals surface area contributed by atoms with Crippen LogP contribution in [-0.2, 0) is 16.1 Å². The van der Waals surface area contributed by atoms with Crippen LogP contribution in [0.1, 0.15) is 12.5 Å². The Bertz CT molecular complexity index is 359. The molecule has 0 aliphatic heterocycles. The van der Waals surface area contributed by atoms with Crippen LogP contribution in [0.5, 0.6) is 5.75 Å². The summed E-state index contributed by atoms with van der Waals surface area (Å²) in [5.41, 5.74) is 0.877. The predicted molar refractivity (Wildman–Crippen MR) is 56.2 cm³/mol. The smallest absolute Gasteiger partial charge is 0.384 e. The summed E-state index contributed by atoms with van der Waals surface area (Å²) >= 11 is 0. The molecule has 0 heterocycles. The molecule has 15 heavy (non-hydrogen) atoms. The van der Waals surface area contributed by atoms with Gasteiger partial charge in [0.15, 0.2) is 0 Å². The molecule has 0 atom stereocenters. The molecule has 0 aromatic heterocycles. The number of hydrogen-bond acceptors (Lipinski definition) is 3. The molecule has 78 valence electrons. The van der Waals surface area contributed by atoms with Crippen molar-refractivity contribution >= 4 is 5.97 Å². The van der Waals surface area contributed by atoms with Gasteiger partial charge in [0.2, 0.25) is 0 Å². The Balaban J connectivity index is 2.50. The van der Waals surface area contributed by atoms with E-state index in [1.54, 1.807) is 0 Å². The summed E-state index contributed by atoms with van der Waals surface area (Å²) in [4.78, 5) is 10.7. The number of terminal acetylenes is 1. The van der Waals surface area contributed by atoms with Crippen molar-refractivity contribution < 1.29 is 14.3 Å². The second-order valence-electron chi connectivity index (χ2n) is 2.80. The molecule has 1 rings (SSSR count). The molecule has 0 spiro atoms. The van der Waals surface area contributed by atoms with Gasteiger partial charge in [-0.1, -0.05) is 12.1 Å². The summed E-state index contributed by atoms with van der Waals surface area (Å²) in [6.45, 7) is 2.74. The highest BCUT2D eigenvalue weighted by molar-refractivity contribution is 5.87. The number of carbonyl (C=O) groups is 1. The average Bonchev–Trinajstić information content (AvgIpc) is 2.28. The molecule has 1 aromatic carbocycles. The fourth-order valence-electron chi connectivity index (χ4n) is 1.04. The molecule has 0 unspecified atom stereocenters. The SMILES string of the molecule is C#CC(=O)OCc1ccc(OCC)cc1. The molecular formula is C12H12O3. The lowest BCUT2D eigenvalue weighted by Gasteiger charge is -2.04. The molecule has 0 amide bonds. The monoisotopic (exact) mass is 204 g/mol. The lowest BCUT2D eigenvalue weighted by molar-refractivity contribution is -0.137. The van der Waals surface area contributed by atoms with E-state index >= 15 is 0 Å². The zero-order valence-corrected chi connectivity index (χ0v) is 8.53. The molecule has 1 aromatic rings. The molecule has 0 bridgehead atoms. The fraction of sp³-hybridized carbons (Fsp3) is 0.250. The van der Waals surface area contributed by atoms with Crippen LogP contribution in [0, 0.1) is 12.3 Å². The maximum absolute atomic E-state index is 10.7. The average molecular weight is 204 g/mol. The third kappa shape index (κ3) is 3.74. The predicted octanol–water partition coefficient (Wildman–Crippen LogP) is 1.76. The standard InChI is InChI=1S/C12H12O3/c1-3-12(13)15-9-10-5-7-11(8-6-10)14-4-2/h1,5-8H,4,9H2,2H3. The molecule has 0 aliphatic rings.